The summed E-state index contributed by atoms with van der Waals surface area (Å²) in [5.41, 5.74) is 1.42. The van der Waals surface area contributed by atoms with Crippen molar-refractivity contribution in [3.63, 3.8) is 0 Å². The fourth-order valence-electron chi connectivity index (χ4n) is 3.37. The molecule has 4 aromatic rings. The SMILES string of the molecule is CN(C(=O)c1ccc2ccccc2c1)[C@H](Cc1nc2ccc(F)cc2[nH]1)C(=O)O. The molecule has 29 heavy (non-hydrogen) atoms. The molecule has 0 unspecified atom stereocenters. The number of hydrogen-bond acceptors (Lipinski definition) is 3. The van der Waals surface area contributed by atoms with Crippen molar-refractivity contribution in [3.8, 4) is 0 Å². The summed E-state index contributed by atoms with van der Waals surface area (Å²) < 4.78 is 13.4. The standard InChI is InChI=1S/C22H18FN3O3/c1-26(21(27)15-7-6-13-4-2-3-5-14(13)10-15)19(22(28)29)12-20-24-17-9-8-16(23)11-18(17)25-20/h2-11,19H,12H2,1H3,(H,24,25)(H,28,29)/t19-/m1/s1. The lowest BCUT2D eigenvalue weighted by atomic mass is 10.1. The number of aromatic amines is 1. The van der Waals surface area contributed by atoms with Crippen LogP contribution in [0.4, 0.5) is 4.39 Å². The van der Waals surface area contributed by atoms with Crippen molar-refractivity contribution < 1.29 is 19.1 Å². The van der Waals surface area contributed by atoms with Gasteiger partial charge in [-0.1, -0.05) is 30.3 Å². The van der Waals surface area contributed by atoms with Crippen LogP contribution < -0.4 is 0 Å². The van der Waals surface area contributed by atoms with E-state index in [9.17, 15) is 19.1 Å². The zero-order valence-corrected chi connectivity index (χ0v) is 15.6. The van der Waals surface area contributed by atoms with E-state index in [2.05, 4.69) is 9.97 Å². The average molecular weight is 391 g/mol. The van der Waals surface area contributed by atoms with Crippen molar-refractivity contribution in [3.05, 3.63) is 77.9 Å². The van der Waals surface area contributed by atoms with E-state index in [1.165, 1.54) is 30.1 Å². The predicted molar refractivity (Wildman–Crippen MR) is 107 cm³/mol. The Balaban J connectivity index is 1.60. The van der Waals surface area contributed by atoms with Gasteiger partial charge in [-0.15, -0.1) is 0 Å². The summed E-state index contributed by atoms with van der Waals surface area (Å²) in [5.74, 6) is -1.58. The number of aliphatic carboxylic acids is 1. The lowest BCUT2D eigenvalue weighted by Gasteiger charge is -2.24. The van der Waals surface area contributed by atoms with Crippen molar-refractivity contribution in [2.45, 2.75) is 12.5 Å². The number of hydrogen-bond donors (Lipinski definition) is 2. The molecule has 0 radical (unpaired) electrons. The van der Waals surface area contributed by atoms with Gasteiger partial charge in [0.05, 0.1) is 11.0 Å². The number of imidazole rings is 1. The van der Waals surface area contributed by atoms with Crippen molar-refractivity contribution in [2.24, 2.45) is 0 Å². The molecule has 0 bridgehead atoms. The fourth-order valence-corrected chi connectivity index (χ4v) is 3.37. The second-order valence-electron chi connectivity index (χ2n) is 6.88. The van der Waals surface area contributed by atoms with Crippen molar-refractivity contribution in [1.82, 2.24) is 14.9 Å². The Kier molecular flexibility index (Phi) is 4.72. The maximum Gasteiger partial charge on any atom is 0.326 e. The highest BCUT2D eigenvalue weighted by Gasteiger charge is 2.28. The molecule has 0 aliphatic heterocycles. The highest BCUT2D eigenvalue weighted by molar-refractivity contribution is 6.00. The highest BCUT2D eigenvalue weighted by Crippen LogP contribution is 2.19. The number of fused-ring (bicyclic) bond motifs is 2. The van der Waals surface area contributed by atoms with Gasteiger partial charge in [0.1, 0.15) is 17.7 Å². The molecule has 1 atom stereocenters. The molecule has 0 spiro atoms. The fraction of sp³-hybridized carbons (Fsp3) is 0.136. The van der Waals surface area contributed by atoms with Gasteiger partial charge in [0.2, 0.25) is 0 Å². The average Bonchev–Trinajstić information content (AvgIpc) is 3.12. The van der Waals surface area contributed by atoms with Gasteiger partial charge >= 0.3 is 5.97 Å². The number of carbonyl (C=O) groups is 2. The summed E-state index contributed by atoms with van der Waals surface area (Å²) in [6.07, 6.45) is -0.0263. The smallest absolute Gasteiger partial charge is 0.326 e. The minimum absolute atomic E-state index is 0.0263. The number of carboxylic acids is 1. The van der Waals surface area contributed by atoms with Crippen LogP contribution in [0.2, 0.25) is 0 Å². The summed E-state index contributed by atoms with van der Waals surface area (Å²) in [6.45, 7) is 0. The summed E-state index contributed by atoms with van der Waals surface area (Å²) >= 11 is 0. The summed E-state index contributed by atoms with van der Waals surface area (Å²) in [5, 5.41) is 11.6. The number of benzene rings is 3. The van der Waals surface area contributed by atoms with Crippen LogP contribution in [-0.2, 0) is 11.2 Å². The molecule has 1 aromatic heterocycles. The van der Waals surface area contributed by atoms with Crippen molar-refractivity contribution in [1.29, 1.82) is 0 Å². The number of amides is 1. The minimum atomic E-state index is -1.15. The van der Waals surface area contributed by atoms with Gasteiger partial charge < -0.3 is 15.0 Å². The van der Waals surface area contributed by atoms with E-state index in [-0.39, 0.29) is 6.42 Å². The van der Waals surface area contributed by atoms with Gasteiger partial charge in [-0.25, -0.2) is 14.2 Å². The molecule has 0 saturated heterocycles. The number of carbonyl (C=O) groups excluding carboxylic acids is 1. The lowest BCUT2D eigenvalue weighted by Crippen LogP contribution is -2.44. The Hall–Kier alpha value is -3.74. The number of nitrogens with zero attached hydrogens (tertiary/aromatic N) is 2. The third-order valence-electron chi connectivity index (χ3n) is 4.95. The Morgan fingerprint density at radius 2 is 1.86 bits per heavy atom. The van der Waals surface area contributed by atoms with E-state index in [0.717, 1.165) is 10.8 Å². The molecule has 0 saturated carbocycles. The van der Waals surface area contributed by atoms with Crippen molar-refractivity contribution in [2.75, 3.05) is 7.05 Å². The van der Waals surface area contributed by atoms with Gasteiger partial charge in [-0.05, 0) is 41.1 Å². The molecular formula is C22H18FN3O3. The predicted octanol–water partition coefficient (Wildman–Crippen LogP) is 3.62. The topological polar surface area (TPSA) is 86.3 Å². The van der Waals surface area contributed by atoms with Gasteiger partial charge in [0.15, 0.2) is 0 Å². The number of aromatic nitrogens is 2. The Bertz CT molecular complexity index is 1230. The van der Waals surface area contributed by atoms with Gasteiger partial charge in [-0.2, -0.15) is 0 Å². The number of H-pyrrole nitrogens is 1. The second kappa shape index (κ2) is 7.35. The Morgan fingerprint density at radius 3 is 2.62 bits per heavy atom. The van der Waals surface area contributed by atoms with Crippen LogP contribution in [0.15, 0.2) is 60.7 Å². The minimum Gasteiger partial charge on any atom is -0.480 e. The largest absolute Gasteiger partial charge is 0.480 e. The molecule has 4 rings (SSSR count). The van der Waals surface area contributed by atoms with E-state index < -0.39 is 23.7 Å². The van der Waals surface area contributed by atoms with Crippen LogP contribution in [0.5, 0.6) is 0 Å². The summed E-state index contributed by atoms with van der Waals surface area (Å²) in [6, 6.07) is 15.9. The second-order valence-corrected chi connectivity index (χ2v) is 6.88. The first-order valence-electron chi connectivity index (χ1n) is 9.05. The van der Waals surface area contributed by atoms with Crippen LogP contribution in [0.1, 0.15) is 16.2 Å². The maximum atomic E-state index is 13.4. The first-order valence-corrected chi connectivity index (χ1v) is 9.05. The molecule has 7 heteroatoms. The van der Waals surface area contributed by atoms with E-state index >= 15 is 0 Å². The molecule has 3 aromatic carbocycles. The Labute approximate surface area is 165 Å². The molecule has 1 amide bonds. The van der Waals surface area contributed by atoms with Crippen LogP contribution in [0, 0.1) is 5.82 Å². The van der Waals surface area contributed by atoms with E-state index in [0.29, 0.717) is 22.4 Å². The highest BCUT2D eigenvalue weighted by atomic mass is 19.1. The summed E-state index contributed by atoms with van der Waals surface area (Å²) in [7, 11) is 1.46. The molecule has 146 valence electrons. The third kappa shape index (κ3) is 3.67. The quantitative estimate of drug-likeness (QED) is 0.544. The van der Waals surface area contributed by atoms with E-state index in [4.69, 9.17) is 0 Å². The first-order chi connectivity index (χ1) is 13.9. The number of rotatable bonds is 5. The van der Waals surface area contributed by atoms with Gasteiger partial charge in [0.25, 0.3) is 5.91 Å². The zero-order chi connectivity index (χ0) is 20.5. The van der Waals surface area contributed by atoms with Crippen molar-refractivity contribution >= 4 is 33.7 Å². The van der Waals surface area contributed by atoms with Crippen LogP contribution in [-0.4, -0.2) is 44.9 Å². The number of carboxylic acid groups (broad SMARTS) is 1. The zero-order valence-electron chi connectivity index (χ0n) is 15.6. The van der Waals surface area contributed by atoms with E-state index in [1.807, 2.05) is 30.3 Å². The lowest BCUT2D eigenvalue weighted by molar-refractivity contribution is -0.141. The number of likely N-dealkylation sites (N-methyl/N-ethyl adjacent to an activating group) is 1. The normalized spacial score (nSPS) is 12.2. The molecule has 0 aliphatic rings. The van der Waals surface area contributed by atoms with E-state index in [1.54, 1.807) is 12.1 Å². The van der Waals surface area contributed by atoms with Gasteiger partial charge in [0, 0.05) is 19.0 Å². The molecular weight excluding hydrogens is 373 g/mol. The van der Waals surface area contributed by atoms with Crippen LogP contribution in [0.25, 0.3) is 21.8 Å². The number of halogens is 1. The molecule has 2 N–H and O–H groups in total. The third-order valence-corrected chi connectivity index (χ3v) is 4.95. The first kappa shape index (κ1) is 18.6. The Morgan fingerprint density at radius 1 is 1.10 bits per heavy atom. The van der Waals surface area contributed by atoms with Gasteiger partial charge in [-0.3, -0.25) is 4.79 Å². The maximum absolute atomic E-state index is 13.4. The molecule has 1 heterocycles. The number of nitrogens with one attached hydrogen (secondary N) is 1. The van der Waals surface area contributed by atoms with Crippen LogP contribution in [0.3, 0.4) is 0 Å². The molecule has 6 nitrogen and oxygen atoms in total. The molecule has 0 aliphatic carbocycles. The van der Waals surface area contributed by atoms with Crippen LogP contribution >= 0.6 is 0 Å². The molecule has 0 fully saturated rings. The summed E-state index contributed by atoms with van der Waals surface area (Å²) in [4.78, 5) is 33.2. The monoisotopic (exact) mass is 391 g/mol.